The molecule has 0 aliphatic heterocycles. The minimum absolute atomic E-state index is 0.126. The third-order valence-electron chi connectivity index (χ3n) is 2.27. The van der Waals surface area contributed by atoms with Crippen molar-refractivity contribution in [1.82, 2.24) is 9.55 Å². The molecule has 104 valence electrons. The van der Waals surface area contributed by atoms with Crippen LogP contribution in [0.1, 0.15) is 0 Å². The molecule has 0 fully saturated rings. The van der Waals surface area contributed by atoms with E-state index in [9.17, 15) is 14.0 Å². The highest BCUT2D eigenvalue weighted by Crippen LogP contribution is 2.23. The molecule has 2 aromatic rings. The summed E-state index contributed by atoms with van der Waals surface area (Å²) in [6, 6.07) is 5.62. The molecule has 1 heterocycles. The number of aromatic nitrogens is 2. The van der Waals surface area contributed by atoms with E-state index < -0.39 is 17.3 Å². The van der Waals surface area contributed by atoms with E-state index in [1.165, 1.54) is 29.0 Å². The van der Waals surface area contributed by atoms with Crippen LogP contribution in [0.2, 0.25) is 0 Å². The standard InChI is InChI=1S/C12H8BrFN2O3S/c13-7-1-2-9(8(14)5-7)16-4-3-10(17)15-12(16)20-6-11(18)19/h1-5H,6H2,(H,18,19). The highest BCUT2D eigenvalue weighted by Gasteiger charge is 2.11. The van der Waals surface area contributed by atoms with Crippen molar-refractivity contribution in [3.05, 3.63) is 51.1 Å². The van der Waals surface area contributed by atoms with E-state index in [4.69, 9.17) is 5.11 Å². The molecule has 0 amide bonds. The third-order valence-corrected chi connectivity index (χ3v) is 3.70. The molecule has 0 spiro atoms. The van der Waals surface area contributed by atoms with E-state index in [0.29, 0.717) is 4.47 Å². The summed E-state index contributed by atoms with van der Waals surface area (Å²) in [5.41, 5.74) is -0.319. The van der Waals surface area contributed by atoms with Crippen molar-refractivity contribution in [2.24, 2.45) is 0 Å². The van der Waals surface area contributed by atoms with Crippen molar-refractivity contribution < 1.29 is 14.3 Å². The summed E-state index contributed by atoms with van der Waals surface area (Å²) in [4.78, 5) is 25.6. The fraction of sp³-hybridized carbons (Fsp3) is 0.0833. The summed E-state index contributed by atoms with van der Waals surface area (Å²) in [5, 5.41) is 8.81. The van der Waals surface area contributed by atoms with Crippen LogP contribution in [-0.2, 0) is 4.79 Å². The molecule has 1 N–H and O–H groups in total. The fourth-order valence-electron chi connectivity index (χ4n) is 1.48. The lowest BCUT2D eigenvalue weighted by Gasteiger charge is -2.11. The van der Waals surface area contributed by atoms with Crippen LogP contribution >= 0.6 is 27.7 Å². The lowest BCUT2D eigenvalue weighted by atomic mass is 10.3. The van der Waals surface area contributed by atoms with Crippen molar-refractivity contribution in [2.75, 3.05) is 5.75 Å². The Hall–Kier alpha value is -1.67. The first kappa shape index (κ1) is 14.7. The molecule has 0 unspecified atom stereocenters. The molecule has 20 heavy (non-hydrogen) atoms. The predicted molar refractivity (Wildman–Crippen MR) is 75.9 cm³/mol. The van der Waals surface area contributed by atoms with Crippen LogP contribution in [-0.4, -0.2) is 26.4 Å². The maximum Gasteiger partial charge on any atom is 0.313 e. The molecular weight excluding hydrogens is 351 g/mol. The first-order valence-electron chi connectivity index (χ1n) is 5.37. The number of nitrogens with zero attached hydrogens (tertiary/aromatic N) is 2. The summed E-state index contributed by atoms with van der Waals surface area (Å²) in [6.45, 7) is 0. The number of benzene rings is 1. The zero-order valence-corrected chi connectivity index (χ0v) is 12.3. The summed E-state index contributed by atoms with van der Waals surface area (Å²) in [7, 11) is 0. The number of rotatable bonds is 4. The van der Waals surface area contributed by atoms with Gasteiger partial charge in [0.2, 0.25) is 0 Å². The summed E-state index contributed by atoms with van der Waals surface area (Å²) < 4.78 is 15.9. The second kappa shape index (κ2) is 6.19. The third kappa shape index (κ3) is 3.45. The molecule has 2 rings (SSSR count). The Labute approximate surface area is 125 Å². The number of thioether (sulfide) groups is 1. The molecule has 0 radical (unpaired) electrons. The number of hydrogen-bond donors (Lipinski definition) is 1. The molecule has 0 atom stereocenters. The monoisotopic (exact) mass is 358 g/mol. The molecule has 0 bridgehead atoms. The van der Waals surface area contributed by atoms with Gasteiger partial charge in [-0.2, -0.15) is 4.98 Å². The molecule has 1 aromatic heterocycles. The molecule has 1 aromatic carbocycles. The largest absolute Gasteiger partial charge is 0.481 e. The van der Waals surface area contributed by atoms with Crippen molar-refractivity contribution in [2.45, 2.75) is 5.16 Å². The first-order valence-corrected chi connectivity index (χ1v) is 7.15. The molecule has 5 nitrogen and oxygen atoms in total. The normalized spacial score (nSPS) is 10.5. The van der Waals surface area contributed by atoms with Gasteiger partial charge in [0.15, 0.2) is 5.16 Å². The van der Waals surface area contributed by atoms with E-state index in [1.807, 2.05) is 0 Å². The van der Waals surface area contributed by atoms with Crippen LogP contribution in [0.25, 0.3) is 5.69 Å². The number of hydrogen-bond acceptors (Lipinski definition) is 4. The van der Waals surface area contributed by atoms with Crippen LogP contribution < -0.4 is 5.56 Å². The van der Waals surface area contributed by atoms with E-state index in [0.717, 1.165) is 11.8 Å². The molecular formula is C12H8BrFN2O3S. The van der Waals surface area contributed by atoms with Crippen molar-refractivity contribution >= 4 is 33.7 Å². The molecule has 0 saturated carbocycles. The maximum absolute atomic E-state index is 13.9. The Morgan fingerprint density at radius 2 is 2.20 bits per heavy atom. The van der Waals surface area contributed by atoms with Crippen LogP contribution in [0.3, 0.4) is 0 Å². The zero-order valence-electron chi connectivity index (χ0n) is 9.92. The highest BCUT2D eigenvalue weighted by atomic mass is 79.9. The van der Waals surface area contributed by atoms with Crippen LogP contribution in [0.5, 0.6) is 0 Å². The van der Waals surface area contributed by atoms with E-state index in [1.54, 1.807) is 6.07 Å². The van der Waals surface area contributed by atoms with Crippen molar-refractivity contribution in [3.63, 3.8) is 0 Å². The summed E-state index contributed by atoms with van der Waals surface area (Å²) in [6.07, 6.45) is 1.37. The second-order valence-corrected chi connectivity index (χ2v) is 5.55. The fourth-order valence-corrected chi connectivity index (χ4v) is 2.51. The van der Waals surface area contributed by atoms with E-state index in [2.05, 4.69) is 20.9 Å². The Morgan fingerprint density at radius 1 is 1.45 bits per heavy atom. The Kier molecular flexibility index (Phi) is 4.56. The Morgan fingerprint density at radius 3 is 2.85 bits per heavy atom. The van der Waals surface area contributed by atoms with Gasteiger partial charge in [0, 0.05) is 16.7 Å². The van der Waals surface area contributed by atoms with Crippen LogP contribution in [0.4, 0.5) is 4.39 Å². The zero-order chi connectivity index (χ0) is 14.7. The lowest BCUT2D eigenvalue weighted by Crippen LogP contribution is -2.14. The van der Waals surface area contributed by atoms with Gasteiger partial charge < -0.3 is 5.11 Å². The van der Waals surface area contributed by atoms with Gasteiger partial charge in [0.1, 0.15) is 5.82 Å². The van der Waals surface area contributed by atoms with Gasteiger partial charge in [-0.15, -0.1) is 0 Å². The van der Waals surface area contributed by atoms with Gasteiger partial charge in [0.05, 0.1) is 11.4 Å². The van der Waals surface area contributed by atoms with E-state index >= 15 is 0 Å². The van der Waals surface area contributed by atoms with Gasteiger partial charge in [-0.3, -0.25) is 14.2 Å². The van der Waals surface area contributed by atoms with Gasteiger partial charge in [-0.25, -0.2) is 4.39 Å². The predicted octanol–water partition coefficient (Wildman–Crippen LogP) is 2.31. The van der Waals surface area contributed by atoms with Crippen LogP contribution in [0.15, 0.2) is 44.9 Å². The minimum atomic E-state index is -1.05. The van der Waals surface area contributed by atoms with Gasteiger partial charge >= 0.3 is 5.97 Å². The Balaban J connectivity index is 2.49. The Bertz CT molecular complexity index is 720. The molecule has 0 saturated heterocycles. The number of carboxylic acid groups (broad SMARTS) is 1. The highest BCUT2D eigenvalue weighted by molar-refractivity contribution is 9.10. The topological polar surface area (TPSA) is 72.2 Å². The smallest absolute Gasteiger partial charge is 0.313 e. The van der Waals surface area contributed by atoms with Gasteiger partial charge in [-0.05, 0) is 18.2 Å². The number of aliphatic carboxylic acids is 1. The number of carbonyl (C=O) groups is 1. The van der Waals surface area contributed by atoms with Gasteiger partial charge in [-0.1, -0.05) is 27.7 Å². The lowest BCUT2D eigenvalue weighted by molar-refractivity contribution is -0.133. The molecule has 0 aliphatic rings. The summed E-state index contributed by atoms with van der Waals surface area (Å²) >= 11 is 4.00. The second-order valence-electron chi connectivity index (χ2n) is 3.70. The SMILES string of the molecule is O=C(O)CSc1nc(=O)ccn1-c1ccc(Br)cc1F. The first-order chi connectivity index (χ1) is 9.47. The average molecular weight is 359 g/mol. The van der Waals surface area contributed by atoms with Crippen molar-refractivity contribution in [3.8, 4) is 5.69 Å². The minimum Gasteiger partial charge on any atom is -0.481 e. The number of halogens is 2. The average Bonchev–Trinajstić information content (AvgIpc) is 2.37. The van der Waals surface area contributed by atoms with Crippen LogP contribution in [0, 0.1) is 5.82 Å². The number of carboxylic acids is 1. The molecule has 0 aliphatic carbocycles. The quantitative estimate of drug-likeness (QED) is 0.670. The maximum atomic E-state index is 13.9. The van der Waals surface area contributed by atoms with Gasteiger partial charge in [0.25, 0.3) is 5.56 Å². The molecule has 8 heteroatoms. The van der Waals surface area contributed by atoms with E-state index in [-0.39, 0.29) is 16.6 Å². The summed E-state index contributed by atoms with van der Waals surface area (Å²) in [5.74, 6) is -1.83. The van der Waals surface area contributed by atoms with Crippen molar-refractivity contribution in [1.29, 1.82) is 0 Å².